The third kappa shape index (κ3) is 9.30. The van der Waals surface area contributed by atoms with E-state index in [9.17, 15) is 5.11 Å². The molecule has 0 spiro atoms. The van der Waals surface area contributed by atoms with Crippen molar-refractivity contribution >= 4 is 23.7 Å². The van der Waals surface area contributed by atoms with Crippen molar-refractivity contribution in [3.8, 4) is 17.3 Å². The molecule has 0 radical (unpaired) electrons. The third-order valence-corrected chi connectivity index (χ3v) is 8.08. The second kappa shape index (κ2) is 16.8. The minimum Gasteiger partial charge on any atom is -0.477 e. The lowest BCUT2D eigenvalue weighted by molar-refractivity contribution is -0.106. The van der Waals surface area contributed by atoms with Gasteiger partial charge < -0.3 is 30.6 Å². The van der Waals surface area contributed by atoms with Crippen molar-refractivity contribution in [3.63, 3.8) is 0 Å². The standard InChI is InChI=1S/C25H33ClN4O3.C7H9N.CH3NO/c1-5-19(21(27-4)17-12-25(3,31)13-17)15-8-7-9-16(10-15)22-29-30-24(33-22)20-11-18(26)14-28-23(20)32-6-2;1-8-7-5-3-2-4-6-7;2-1-3/h5,11,14-17,27,31H,1,6-10,12-13H2,2-4H3;2-6,8H,1H3;1H,(H2,2,3)/b21-19+;;. The van der Waals surface area contributed by atoms with Gasteiger partial charge in [-0.3, -0.25) is 4.79 Å². The van der Waals surface area contributed by atoms with E-state index in [4.69, 9.17) is 25.5 Å². The first-order valence-corrected chi connectivity index (χ1v) is 15.3. The Morgan fingerprint density at radius 1 is 1.23 bits per heavy atom. The number of hydrogen-bond donors (Lipinski definition) is 4. The second-order valence-electron chi connectivity index (χ2n) is 11.1. The number of amides is 1. The Balaban J connectivity index is 0.000000408. The molecule has 0 aliphatic heterocycles. The molecule has 2 aliphatic rings. The first kappa shape index (κ1) is 34.6. The Kier molecular flexibility index (Phi) is 13.2. The monoisotopic (exact) mass is 624 g/mol. The van der Waals surface area contributed by atoms with Crippen molar-refractivity contribution in [2.75, 3.05) is 26.0 Å². The lowest BCUT2D eigenvalue weighted by atomic mass is 9.68. The molecule has 1 aromatic carbocycles. The lowest BCUT2D eigenvalue weighted by Gasteiger charge is -2.43. The van der Waals surface area contributed by atoms with Crippen LogP contribution in [0.25, 0.3) is 11.5 Å². The number of rotatable bonds is 9. The quantitative estimate of drug-likeness (QED) is 0.163. The number of anilines is 1. The van der Waals surface area contributed by atoms with Gasteiger partial charge in [0.05, 0.1) is 17.2 Å². The number of carbonyl (C=O) groups excluding carboxylic acids is 1. The molecule has 11 heteroatoms. The van der Waals surface area contributed by atoms with Gasteiger partial charge in [0.25, 0.3) is 5.89 Å². The van der Waals surface area contributed by atoms with Gasteiger partial charge in [-0.25, -0.2) is 4.98 Å². The van der Waals surface area contributed by atoms with Crippen molar-refractivity contribution in [2.45, 2.75) is 63.9 Å². The molecule has 2 atom stereocenters. The number of pyridine rings is 1. The van der Waals surface area contributed by atoms with Crippen LogP contribution in [0.2, 0.25) is 5.02 Å². The molecule has 2 aliphatic carbocycles. The minimum atomic E-state index is -0.566. The molecule has 238 valence electrons. The van der Waals surface area contributed by atoms with Gasteiger partial charge in [-0.2, -0.15) is 0 Å². The topological polar surface area (TPSA) is 148 Å². The van der Waals surface area contributed by atoms with Crippen LogP contribution in [0.5, 0.6) is 5.88 Å². The Labute approximate surface area is 265 Å². The van der Waals surface area contributed by atoms with Crippen LogP contribution in [0.3, 0.4) is 0 Å². The highest BCUT2D eigenvalue weighted by molar-refractivity contribution is 6.30. The maximum Gasteiger partial charge on any atom is 0.253 e. The Hall–Kier alpha value is -3.89. The van der Waals surface area contributed by atoms with Gasteiger partial charge in [0.2, 0.25) is 18.2 Å². The largest absolute Gasteiger partial charge is 0.477 e. The van der Waals surface area contributed by atoms with Crippen LogP contribution in [0, 0.1) is 11.8 Å². The van der Waals surface area contributed by atoms with Crippen molar-refractivity contribution in [2.24, 2.45) is 17.6 Å². The van der Waals surface area contributed by atoms with Crippen molar-refractivity contribution in [1.29, 1.82) is 0 Å². The number of halogens is 1. The minimum absolute atomic E-state index is 0.172. The summed E-state index contributed by atoms with van der Waals surface area (Å²) in [4.78, 5) is 12.8. The number of allylic oxidation sites excluding steroid dienone is 3. The van der Waals surface area contributed by atoms with E-state index < -0.39 is 5.60 Å². The summed E-state index contributed by atoms with van der Waals surface area (Å²) in [5, 5.41) is 25.8. The molecule has 5 rings (SSSR count). The summed E-state index contributed by atoms with van der Waals surface area (Å²) in [5.74, 6) is 2.32. The Morgan fingerprint density at radius 3 is 2.50 bits per heavy atom. The summed E-state index contributed by atoms with van der Waals surface area (Å²) in [6.45, 7) is 8.40. The SMILES string of the molecule is C=C/C(=C(\NC)C1CC(C)(O)C1)C1CCCC(c2nnc(-c3cc(Cl)cnc3OCC)o2)C1.CNc1ccccc1.NC=O. The van der Waals surface area contributed by atoms with E-state index in [-0.39, 0.29) is 12.3 Å². The van der Waals surface area contributed by atoms with Crippen molar-refractivity contribution in [1.82, 2.24) is 20.5 Å². The number of benzene rings is 1. The summed E-state index contributed by atoms with van der Waals surface area (Å²) >= 11 is 6.15. The van der Waals surface area contributed by atoms with Crippen LogP contribution in [0.1, 0.15) is 64.2 Å². The fourth-order valence-corrected chi connectivity index (χ4v) is 6.09. The fraction of sp³-hybridized carbons (Fsp3) is 0.455. The van der Waals surface area contributed by atoms with Crippen LogP contribution >= 0.6 is 11.6 Å². The number of hydrogen-bond acceptors (Lipinski definition) is 9. The summed E-state index contributed by atoms with van der Waals surface area (Å²) in [6.07, 6.45) is 9.43. The van der Waals surface area contributed by atoms with E-state index in [2.05, 4.69) is 38.1 Å². The van der Waals surface area contributed by atoms with Crippen LogP contribution in [0.15, 0.2) is 70.9 Å². The summed E-state index contributed by atoms with van der Waals surface area (Å²) in [7, 11) is 3.88. The smallest absolute Gasteiger partial charge is 0.253 e. The molecule has 1 amide bonds. The normalized spacial score (nSPS) is 22.8. The van der Waals surface area contributed by atoms with Gasteiger partial charge in [0, 0.05) is 43.5 Å². The van der Waals surface area contributed by atoms with E-state index in [1.165, 1.54) is 11.3 Å². The van der Waals surface area contributed by atoms with E-state index in [1.807, 2.05) is 64.4 Å². The van der Waals surface area contributed by atoms with E-state index in [0.29, 0.717) is 46.7 Å². The molecule has 0 saturated heterocycles. The number of aliphatic hydroxyl groups is 1. The fourth-order valence-electron chi connectivity index (χ4n) is 5.93. The number of nitrogens with one attached hydrogen (secondary N) is 2. The zero-order valence-corrected chi connectivity index (χ0v) is 26.8. The number of nitrogens with two attached hydrogens (primary N) is 1. The first-order valence-electron chi connectivity index (χ1n) is 15.0. The Morgan fingerprint density at radius 2 is 1.93 bits per heavy atom. The van der Waals surface area contributed by atoms with Crippen molar-refractivity contribution < 1.29 is 19.1 Å². The average Bonchev–Trinajstić information content (AvgIpc) is 3.51. The van der Waals surface area contributed by atoms with Crippen LogP contribution < -0.4 is 21.1 Å². The summed E-state index contributed by atoms with van der Waals surface area (Å²) in [6, 6.07) is 11.8. The van der Waals surface area contributed by atoms with Gasteiger partial charge in [-0.05, 0) is 75.6 Å². The Bertz CT molecular complexity index is 1370. The summed E-state index contributed by atoms with van der Waals surface area (Å²) < 4.78 is 11.7. The zero-order valence-electron chi connectivity index (χ0n) is 26.1. The van der Waals surface area contributed by atoms with Crippen molar-refractivity contribution in [3.05, 3.63) is 77.4 Å². The molecule has 2 fully saturated rings. The molecule has 2 unspecified atom stereocenters. The van der Waals surface area contributed by atoms with Gasteiger partial charge >= 0.3 is 0 Å². The molecule has 2 aromatic heterocycles. The molecular weight excluding hydrogens is 580 g/mol. The maximum atomic E-state index is 10.2. The van der Waals surface area contributed by atoms with Gasteiger partial charge in [0.15, 0.2) is 0 Å². The van der Waals surface area contributed by atoms with E-state index in [1.54, 1.807) is 12.3 Å². The molecule has 44 heavy (non-hydrogen) atoms. The van der Waals surface area contributed by atoms with Crippen LogP contribution in [-0.2, 0) is 4.79 Å². The second-order valence-corrected chi connectivity index (χ2v) is 11.6. The van der Waals surface area contributed by atoms with Crippen LogP contribution in [-0.4, -0.2) is 53.0 Å². The molecule has 10 nitrogen and oxygen atoms in total. The lowest BCUT2D eigenvalue weighted by Crippen LogP contribution is -2.44. The molecule has 3 aromatic rings. The first-order chi connectivity index (χ1) is 21.2. The highest BCUT2D eigenvalue weighted by Crippen LogP contribution is 2.46. The molecule has 2 saturated carbocycles. The number of para-hydroxylation sites is 1. The molecule has 0 bridgehead atoms. The predicted molar refractivity (Wildman–Crippen MR) is 174 cm³/mol. The number of carbonyl (C=O) groups is 1. The number of nitrogens with zero attached hydrogens (tertiary/aromatic N) is 3. The van der Waals surface area contributed by atoms with E-state index >= 15 is 0 Å². The molecule has 5 N–H and O–H groups in total. The zero-order chi connectivity index (χ0) is 32.1. The van der Waals surface area contributed by atoms with Crippen LogP contribution in [0.4, 0.5) is 5.69 Å². The number of ether oxygens (including phenoxy) is 1. The highest BCUT2D eigenvalue weighted by atomic mass is 35.5. The highest BCUT2D eigenvalue weighted by Gasteiger charge is 2.41. The number of primary amides is 1. The molecular formula is C33H45ClN6O4. The summed E-state index contributed by atoms with van der Waals surface area (Å²) in [5.41, 5.74) is 7.83. The maximum absolute atomic E-state index is 10.2. The van der Waals surface area contributed by atoms with Gasteiger partial charge in [0.1, 0.15) is 5.56 Å². The third-order valence-electron chi connectivity index (χ3n) is 7.88. The van der Waals surface area contributed by atoms with Gasteiger partial charge in [-0.15, -0.1) is 10.2 Å². The number of aromatic nitrogens is 3. The van der Waals surface area contributed by atoms with Gasteiger partial charge in [-0.1, -0.05) is 48.9 Å². The predicted octanol–water partition coefficient (Wildman–Crippen LogP) is 6.11. The molecule has 2 heterocycles. The average molecular weight is 625 g/mol. The van der Waals surface area contributed by atoms with E-state index in [0.717, 1.165) is 44.2 Å².